The summed E-state index contributed by atoms with van der Waals surface area (Å²) in [4.78, 5) is 35.9. The molecule has 2 aromatic carbocycles. The fourth-order valence-corrected chi connectivity index (χ4v) is 5.29. The molecule has 1 aliphatic carbocycles. The number of benzene rings is 2. The average molecular weight is 594 g/mol. The van der Waals surface area contributed by atoms with Gasteiger partial charge < -0.3 is 31.9 Å². The van der Waals surface area contributed by atoms with Crippen LogP contribution in [0.2, 0.25) is 0 Å². The molecule has 2 heterocycles. The number of nitrogens with zero attached hydrogens (tertiary/aromatic N) is 3. The van der Waals surface area contributed by atoms with Crippen molar-refractivity contribution in [1.82, 2.24) is 20.2 Å². The summed E-state index contributed by atoms with van der Waals surface area (Å²) in [5, 5.41) is 12.4. The second kappa shape index (κ2) is 12.0. The van der Waals surface area contributed by atoms with Gasteiger partial charge >= 0.3 is 6.03 Å². The first kappa shape index (κ1) is 26.9. The molecule has 0 radical (unpaired) electrons. The number of carbonyl (C=O) groups is 2. The molecule has 1 aromatic heterocycles. The second-order valence-corrected chi connectivity index (χ2v) is 10.9. The Bertz CT molecular complexity index is 1320. The smallest absolute Gasteiger partial charge is 0.321 e. The molecule has 5 rings (SSSR count). The summed E-state index contributed by atoms with van der Waals surface area (Å²) in [6.07, 6.45) is 5.59. The maximum Gasteiger partial charge on any atom is 0.321 e. The van der Waals surface area contributed by atoms with Gasteiger partial charge in [-0.25, -0.2) is 9.78 Å². The number of rotatable bonds is 9. The second-order valence-electron chi connectivity index (χ2n) is 10.0. The number of likely N-dealkylation sites (tertiary alicyclic amines) is 1. The molecule has 6 N–H and O–H groups in total. The first-order valence-electron chi connectivity index (χ1n) is 13.2. The quantitative estimate of drug-likeness (QED) is 0.236. The SMILES string of the molecule is NC1(C(=O)NCCCNc2nc(Nc3cccc(NC(=O)N4CCCC4)c3)ncc2Br)Cc2ccccc2C1. The third-order valence-electron chi connectivity index (χ3n) is 7.02. The molecule has 3 aromatic rings. The third-order valence-corrected chi connectivity index (χ3v) is 7.60. The Morgan fingerprint density at radius 1 is 1.00 bits per heavy atom. The Kier molecular flexibility index (Phi) is 8.27. The third kappa shape index (κ3) is 6.66. The molecule has 1 saturated heterocycles. The maximum absolute atomic E-state index is 12.8. The number of fused-ring (bicyclic) bond motifs is 1. The van der Waals surface area contributed by atoms with Crippen LogP contribution in [0, 0.1) is 0 Å². The summed E-state index contributed by atoms with van der Waals surface area (Å²) in [5.41, 5.74) is 9.31. The van der Waals surface area contributed by atoms with Crippen LogP contribution in [-0.4, -0.2) is 58.5 Å². The summed E-state index contributed by atoms with van der Waals surface area (Å²) < 4.78 is 0.730. The first-order valence-corrected chi connectivity index (χ1v) is 14.0. The van der Waals surface area contributed by atoms with E-state index >= 15 is 0 Å². The van der Waals surface area contributed by atoms with Crippen LogP contribution in [0.4, 0.5) is 27.9 Å². The summed E-state index contributed by atoms with van der Waals surface area (Å²) in [7, 11) is 0. The van der Waals surface area contributed by atoms with E-state index in [1.54, 1.807) is 6.20 Å². The van der Waals surface area contributed by atoms with E-state index in [0.29, 0.717) is 49.8 Å². The predicted molar refractivity (Wildman–Crippen MR) is 156 cm³/mol. The zero-order valence-electron chi connectivity index (χ0n) is 21.7. The minimum absolute atomic E-state index is 0.0813. The summed E-state index contributed by atoms with van der Waals surface area (Å²) in [6.45, 7) is 2.69. The van der Waals surface area contributed by atoms with E-state index in [0.717, 1.165) is 47.2 Å². The van der Waals surface area contributed by atoms with Gasteiger partial charge in [0, 0.05) is 43.8 Å². The highest BCUT2D eigenvalue weighted by atomic mass is 79.9. The van der Waals surface area contributed by atoms with Gasteiger partial charge in [-0.3, -0.25) is 4.79 Å². The van der Waals surface area contributed by atoms with Gasteiger partial charge in [0.2, 0.25) is 11.9 Å². The van der Waals surface area contributed by atoms with E-state index in [-0.39, 0.29) is 11.9 Å². The van der Waals surface area contributed by atoms with Crippen molar-refractivity contribution in [2.45, 2.75) is 37.6 Å². The van der Waals surface area contributed by atoms with Crippen molar-refractivity contribution < 1.29 is 9.59 Å². The number of hydrogen-bond donors (Lipinski definition) is 5. The van der Waals surface area contributed by atoms with Crippen molar-refractivity contribution in [3.05, 3.63) is 70.3 Å². The number of amides is 3. The van der Waals surface area contributed by atoms with Gasteiger partial charge in [-0.15, -0.1) is 0 Å². The van der Waals surface area contributed by atoms with Gasteiger partial charge in [-0.1, -0.05) is 30.3 Å². The fourth-order valence-electron chi connectivity index (χ4n) is 4.96. The molecule has 1 fully saturated rings. The highest BCUT2D eigenvalue weighted by Gasteiger charge is 2.39. The molecule has 1 aliphatic heterocycles. The van der Waals surface area contributed by atoms with Crippen LogP contribution < -0.4 is 27.0 Å². The summed E-state index contributed by atoms with van der Waals surface area (Å²) in [6, 6.07) is 15.4. The van der Waals surface area contributed by atoms with Crippen molar-refractivity contribution in [3.8, 4) is 0 Å². The van der Waals surface area contributed by atoms with Gasteiger partial charge in [0.15, 0.2) is 0 Å². The highest BCUT2D eigenvalue weighted by molar-refractivity contribution is 9.10. The molecule has 11 heteroatoms. The van der Waals surface area contributed by atoms with E-state index < -0.39 is 5.54 Å². The topological polar surface area (TPSA) is 137 Å². The Balaban J connectivity index is 1.09. The normalized spacial score (nSPS) is 15.5. The minimum Gasteiger partial charge on any atom is -0.369 e. The Labute approximate surface area is 236 Å². The van der Waals surface area contributed by atoms with Crippen LogP contribution in [0.5, 0.6) is 0 Å². The maximum atomic E-state index is 12.8. The van der Waals surface area contributed by atoms with E-state index in [1.165, 1.54) is 0 Å². The standard InChI is InChI=1S/C28H33BrN8O2/c29-23-18-33-26(34-21-9-5-10-22(15-21)35-27(39)37-13-3-4-14-37)36-24(23)31-11-6-12-32-25(38)28(30)16-19-7-1-2-8-20(19)17-28/h1-2,5,7-10,15,18H,3-4,6,11-14,16-17,30H2,(H,32,38)(H,35,39)(H2,31,33,34,36). The van der Waals surface area contributed by atoms with Crippen molar-refractivity contribution in [3.63, 3.8) is 0 Å². The van der Waals surface area contributed by atoms with Crippen molar-refractivity contribution in [2.75, 3.05) is 42.1 Å². The number of nitrogens with one attached hydrogen (secondary N) is 4. The summed E-state index contributed by atoms with van der Waals surface area (Å²) in [5.74, 6) is 0.939. The lowest BCUT2D eigenvalue weighted by atomic mass is 9.96. The molecule has 0 atom stereocenters. The molecule has 0 spiro atoms. The number of anilines is 4. The van der Waals surface area contributed by atoms with Crippen LogP contribution >= 0.6 is 15.9 Å². The summed E-state index contributed by atoms with van der Waals surface area (Å²) >= 11 is 3.49. The van der Waals surface area contributed by atoms with Crippen molar-refractivity contribution in [1.29, 1.82) is 0 Å². The van der Waals surface area contributed by atoms with Crippen LogP contribution in [0.3, 0.4) is 0 Å². The average Bonchev–Trinajstić information content (AvgIpc) is 3.58. The molecule has 2 aliphatic rings. The van der Waals surface area contributed by atoms with E-state index in [1.807, 2.05) is 53.4 Å². The Morgan fingerprint density at radius 2 is 1.72 bits per heavy atom. The molecule has 0 saturated carbocycles. The lowest BCUT2D eigenvalue weighted by molar-refractivity contribution is -0.126. The fraction of sp³-hybridized carbons (Fsp3) is 0.357. The van der Waals surface area contributed by atoms with Crippen LogP contribution in [-0.2, 0) is 17.6 Å². The molecule has 39 heavy (non-hydrogen) atoms. The number of aromatic nitrogens is 2. The molecular weight excluding hydrogens is 560 g/mol. The minimum atomic E-state index is -0.887. The number of hydrogen-bond acceptors (Lipinski definition) is 7. The lowest BCUT2D eigenvalue weighted by Crippen LogP contribution is -2.55. The first-order chi connectivity index (χ1) is 18.9. The number of carbonyl (C=O) groups excluding carboxylic acids is 2. The highest BCUT2D eigenvalue weighted by Crippen LogP contribution is 2.28. The Hall–Kier alpha value is -3.70. The van der Waals surface area contributed by atoms with Gasteiger partial charge in [-0.2, -0.15) is 4.98 Å². The molecule has 10 nitrogen and oxygen atoms in total. The van der Waals surface area contributed by atoms with Gasteiger partial charge in [0.05, 0.1) is 4.47 Å². The Morgan fingerprint density at radius 3 is 2.46 bits per heavy atom. The van der Waals surface area contributed by atoms with Crippen molar-refractivity contribution >= 4 is 51.0 Å². The molecule has 0 bridgehead atoms. The molecule has 204 valence electrons. The molecule has 3 amide bonds. The van der Waals surface area contributed by atoms with Crippen molar-refractivity contribution in [2.24, 2.45) is 5.73 Å². The van der Waals surface area contributed by atoms with Crippen LogP contribution in [0.15, 0.2) is 59.2 Å². The van der Waals surface area contributed by atoms with E-state index in [4.69, 9.17) is 5.73 Å². The molecule has 0 unspecified atom stereocenters. The van der Waals surface area contributed by atoms with E-state index in [2.05, 4.69) is 47.2 Å². The number of nitrogens with two attached hydrogens (primary N) is 1. The zero-order valence-corrected chi connectivity index (χ0v) is 23.3. The van der Waals surface area contributed by atoms with Crippen LogP contribution in [0.25, 0.3) is 0 Å². The lowest BCUT2D eigenvalue weighted by Gasteiger charge is -2.22. The number of urea groups is 1. The monoisotopic (exact) mass is 592 g/mol. The van der Waals surface area contributed by atoms with E-state index in [9.17, 15) is 9.59 Å². The van der Waals surface area contributed by atoms with Gasteiger partial charge in [0.25, 0.3) is 0 Å². The number of halogens is 1. The van der Waals surface area contributed by atoms with Gasteiger partial charge in [0.1, 0.15) is 11.4 Å². The predicted octanol–water partition coefficient (Wildman–Crippen LogP) is 4.02. The van der Waals surface area contributed by atoms with Crippen LogP contribution in [0.1, 0.15) is 30.4 Å². The molecular formula is C28H33BrN8O2. The zero-order chi connectivity index (χ0) is 27.2. The largest absolute Gasteiger partial charge is 0.369 e. The van der Waals surface area contributed by atoms with Gasteiger partial charge in [-0.05, 0) is 77.4 Å².